The zero-order valence-electron chi connectivity index (χ0n) is 20.6. The van der Waals surface area contributed by atoms with Crippen molar-refractivity contribution in [2.75, 3.05) is 12.3 Å². The van der Waals surface area contributed by atoms with Gasteiger partial charge in [0.05, 0.1) is 17.4 Å². The van der Waals surface area contributed by atoms with Gasteiger partial charge >= 0.3 is 0 Å². The third kappa shape index (κ3) is 8.08. The van der Waals surface area contributed by atoms with Crippen LogP contribution in [0.2, 0.25) is 5.02 Å². The number of nitrogens with one attached hydrogen (secondary N) is 3. The highest BCUT2D eigenvalue weighted by molar-refractivity contribution is 7.90. The van der Waals surface area contributed by atoms with Gasteiger partial charge in [-0.25, -0.2) is 13.1 Å². The fourth-order valence-electron chi connectivity index (χ4n) is 3.77. The van der Waals surface area contributed by atoms with Gasteiger partial charge < -0.3 is 10.6 Å². The van der Waals surface area contributed by atoms with E-state index in [0.717, 1.165) is 12.5 Å². The van der Waals surface area contributed by atoms with Crippen molar-refractivity contribution in [2.24, 2.45) is 5.92 Å². The van der Waals surface area contributed by atoms with E-state index in [4.69, 9.17) is 11.6 Å². The number of benzene rings is 3. The fraction of sp³-hybridized carbons (Fsp3) is 0.222. The van der Waals surface area contributed by atoms with Gasteiger partial charge in [-0.1, -0.05) is 72.3 Å². The molecule has 0 radical (unpaired) electrons. The summed E-state index contributed by atoms with van der Waals surface area (Å²) in [6.07, 6.45) is 0.526. The highest BCUT2D eigenvalue weighted by Crippen LogP contribution is 2.33. The first-order chi connectivity index (χ1) is 18.1. The molecule has 0 saturated heterocycles. The molecule has 0 spiro atoms. The maximum Gasteiger partial charge on any atom is 0.264 e. The standard InChI is InChI=1S/C27H28ClN3O5S2/c1-18(32)31-38(35,36)25-10-6-5-9-23(25)22-12-11-20(14-24(22)28)15-29-26(33)16-30-27(34)21(17-37)13-19-7-3-2-4-8-19/h2-12,14,21,37H,13,15-17H2,1H3,(H,29,33)(H,30,34)(H,31,32)/t21-/m1/s1. The molecule has 3 N–H and O–H groups in total. The summed E-state index contributed by atoms with van der Waals surface area (Å²) in [4.78, 5) is 36.1. The summed E-state index contributed by atoms with van der Waals surface area (Å²) in [5, 5.41) is 5.65. The second kappa shape index (κ2) is 13.5. The molecule has 1 atom stereocenters. The van der Waals surface area contributed by atoms with Gasteiger partial charge in [-0.3, -0.25) is 14.4 Å². The van der Waals surface area contributed by atoms with Crippen molar-refractivity contribution in [3.63, 3.8) is 0 Å². The quantitative estimate of drug-likeness (QED) is 0.262. The van der Waals surface area contributed by atoms with Crippen LogP contribution in [0.5, 0.6) is 0 Å². The first-order valence-electron chi connectivity index (χ1n) is 11.7. The van der Waals surface area contributed by atoms with Crippen LogP contribution in [0.1, 0.15) is 18.1 Å². The van der Waals surface area contributed by atoms with E-state index in [0.29, 0.717) is 28.9 Å². The Labute approximate surface area is 232 Å². The Bertz CT molecular complexity index is 1420. The third-order valence-corrected chi connectivity index (χ3v) is 7.85. The minimum absolute atomic E-state index is 0.0827. The molecule has 0 heterocycles. The Hall–Kier alpha value is -3.34. The Balaban J connectivity index is 1.60. The van der Waals surface area contributed by atoms with Crippen LogP contribution >= 0.6 is 24.2 Å². The Morgan fingerprint density at radius 1 is 0.895 bits per heavy atom. The van der Waals surface area contributed by atoms with Crippen molar-refractivity contribution < 1.29 is 22.8 Å². The number of rotatable bonds is 11. The molecule has 3 aromatic carbocycles. The van der Waals surface area contributed by atoms with Crippen molar-refractivity contribution in [1.82, 2.24) is 15.4 Å². The van der Waals surface area contributed by atoms with Gasteiger partial charge in [0.15, 0.2) is 0 Å². The predicted molar refractivity (Wildman–Crippen MR) is 150 cm³/mol. The van der Waals surface area contributed by atoms with Gasteiger partial charge in [0.2, 0.25) is 17.7 Å². The molecule has 0 unspecified atom stereocenters. The van der Waals surface area contributed by atoms with Crippen molar-refractivity contribution in [3.8, 4) is 11.1 Å². The van der Waals surface area contributed by atoms with Crippen LogP contribution in [0, 0.1) is 5.92 Å². The second-order valence-electron chi connectivity index (χ2n) is 8.54. The first-order valence-corrected chi connectivity index (χ1v) is 14.2. The van der Waals surface area contributed by atoms with E-state index in [1.54, 1.807) is 36.4 Å². The van der Waals surface area contributed by atoms with E-state index >= 15 is 0 Å². The molecule has 0 fully saturated rings. The van der Waals surface area contributed by atoms with E-state index < -0.39 is 15.9 Å². The first kappa shape index (κ1) is 29.2. The number of sulfonamides is 1. The molecule has 11 heteroatoms. The van der Waals surface area contributed by atoms with E-state index in [1.165, 1.54) is 6.07 Å². The van der Waals surface area contributed by atoms with Gasteiger partial charge in [-0.05, 0) is 29.7 Å². The number of halogens is 1. The monoisotopic (exact) mass is 573 g/mol. The lowest BCUT2D eigenvalue weighted by Gasteiger charge is -2.15. The highest BCUT2D eigenvalue weighted by atomic mass is 35.5. The van der Waals surface area contributed by atoms with Crippen LogP contribution in [-0.2, 0) is 37.4 Å². The molecule has 0 aromatic heterocycles. The van der Waals surface area contributed by atoms with Gasteiger partial charge in [0, 0.05) is 35.4 Å². The Morgan fingerprint density at radius 3 is 2.24 bits per heavy atom. The zero-order chi connectivity index (χ0) is 27.7. The van der Waals surface area contributed by atoms with Crippen LogP contribution < -0.4 is 15.4 Å². The smallest absolute Gasteiger partial charge is 0.264 e. The summed E-state index contributed by atoms with van der Waals surface area (Å²) in [6.45, 7) is 1.09. The summed E-state index contributed by atoms with van der Waals surface area (Å²) in [5.74, 6) is -1.34. The fourth-order valence-corrected chi connectivity index (χ4v) is 5.58. The topological polar surface area (TPSA) is 121 Å². The normalized spacial score (nSPS) is 11.9. The third-order valence-electron chi connectivity index (χ3n) is 5.61. The zero-order valence-corrected chi connectivity index (χ0v) is 23.1. The molecule has 3 amide bonds. The molecule has 0 aliphatic rings. The molecular formula is C27H28ClN3O5S2. The largest absolute Gasteiger partial charge is 0.350 e. The predicted octanol–water partition coefficient (Wildman–Crippen LogP) is 3.35. The number of thiol groups is 1. The number of amides is 3. The van der Waals surface area contributed by atoms with E-state index in [2.05, 4.69) is 23.3 Å². The molecule has 3 rings (SSSR count). The van der Waals surface area contributed by atoms with Gasteiger partial charge in [0.1, 0.15) is 0 Å². The summed E-state index contributed by atoms with van der Waals surface area (Å²) >= 11 is 10.7. The van der Waals surface area contributed by atoms with Crippen molar-refractivity contribution >= 4 is 52.0 Å². The summed E-state index contributed by atoms with van der Waals surface area (Å²) in [5.41, 5.74) is 2.48. The van der Waals surface area contributed by atoms with E-state index in [9.17, 15) is 22.8 Å². The van der Waals surface area contributed by atoms with Crippen molar-refractivity contribution in [3.05, 3.63) is 88.9 Å². The molecule has 0 saturated carbocycles. The van der Waals surface area contributed by atoms with Crippen molar-refractivity contribution in [2.45, 2.75) is 24.8 Å². The lowest BCUT2D eigenvalue weighted by molar-refractivity contribution is -0.128. The van der Waals surface area contributed by atoms with Crippen LogP contribution in [0.25, 0.3) is 11.1 Å². The summed E-state index contributed by atoms with van der Waals surface area (Å²) in [7, 11) is -4.08. The summed E-state index contributed by atoms with van der Waals surface area (Å²) in [6, 6.07) is 20.8. The maximum atomic E-state index is 12.6. The molecule has 0 aliphatic carbocycles. The van der Waals surface area contributed by atoms with Gasteiger partial charge in [0.25, 0.3) is 10.0 Å². The average molecular weight is 574 g/mol. The van der Waals surface area contributed by atoms with Gasteiger partial charge in [-0.2, -0.15) is 12.6 Å². The van der Waals surface area contributed by atoms with E-state index in [1.807, 2.05) is 35.1 Å². The molecular weight excluding hydrogens is 546 g/mol. The van der Waals surface area contributed by atoms with E-state index in [-0.39, 0.29) is 40.7 Å². The maximum absolute atomic E-state index is 12.6. The highest BCUT2D eigenvalue weighted by Gasteiger charge is 2.22. The van der Waals surface area contributed by atoms with Crippen molar-refractivity contribution in [1.29, 1.82) is 0 Å². The van der Waals surface area contributed by atoms with Gasteiger partial charge in [-0.15, -0.1) is 0 Å². The second-order valence-corrected chi connectivity index (χ2v) is 11.0. The molecule has 200 valence electrons. The average Bonchev–Trinajstić information content (AvgIpc) is 2.89. The summed E-state index contributed by atoms with van der Waals surface area (Å²) < 4.78 is 27.2. The Kier molecular flexibility index (Phi) is 10.3. The van der Waals surface area contributed by atoms with Crippen LogP contribution in [0.15, 0.2) is 77.7 Å². The number of hydrogen-bond donors (Lipinski definition) is 4. The molecule has 0 aliphatic heterocycles. The SMILES string of the molecule is CC(=O)NS(=O)(=O)c1ccccc1-c1ccc(CNC(=O)CNC(=O)[C@@H](CS)Cc2ccccc2)cc1Cl. The number of carbonyl (C=O) groups is 3. The lowest BCUT2D eigenvalue weighted by atomic mass is 10.0. The molecule has 0 bridgehead atoms. The number of carbonyl (C=O) groups excluding carboxylic acids is 3. The number of hydrogen-bond acceptors (Lipinski definition) is 6. The Morgan fingerprint density at radius 2 is 1.58 bits per heavy atom. The molecule has 38 heavy (non-hydrogen) atoms. The minimum Gasteiger partial charge on any atom is -0.350 e. The van der Waals surface area contributed by atoms with Crippen LogP contribution in [-0.4, -0.2) is 38.4 Å². The molecule has 3 aromatic rings. The van der Waals surface area contributed by atoms with Crippen LogP contribution in [0.4, 0.5) is 0 Å². The van der Waals surface area contributed by atoms with Crippen LogP contribution in [0.3, 0.4) is 0 Å². The molecule has 8 nitrogen and oxygen atoms in total. The minimum atomic E-state index is -4.08. The lowest BCUT2D eigenvalue weighted by Crippen LogP contribution is -2.40.